The third kappa shape index (κ3) is 1.84. The van der Waals surface area contributed by atoms with E-state index in [1.54, 1.807) is 24.5 Å². The van der Waals surface area contributed by atoms with Crippen molar-refractivity contribution in [1.29, 1.82) is 0 Å². The molecule has 0 aliphatic carbocycles. The number of rotatable bonds is 2. The first kappa shape index (κ1) is 11.2. The number of carbonyl (C=O) groups excluding carboxylic acids is 1. The van der Waals surface area contributed by atoms with E-state index in [9.17, 15) is 4.79 Å². The van der Waals surface area contributed by atoms with E-state index in [4.69, 9.17) is 0 Å². The van der Waals surface area contributed by atoms with Gasteiger partial charge in [0.05, 0.1) is 0 Å². The number of benzene rings is 1. The molecule has 3 aromatic rings. The number of pyridine rings is 1. The van der Waals surface area contributed by atoms with Crippen LogP contribution in [0.25, 0.3) is 10.9 Å². The molecule has 2 heterocycles. The number of fused-ring (bicyclic) bond motifs is 1. The van der Waals surface area contributed by atoms with Gasteiger partial charge in [0.2, 0.25) is 0 Å². The fourth-order valence-electron chi connectivity index (χ4n) is 1.93. The highest BCUT2D eigenvalue weighted by atomic mass is 79.9. The number of nitrogens with zero attached hydrogens (tertiary/aromatic N) is 1. The lowest BCUT2D eigenvalue weighted by Crippen LogP contribution is -2.00. The zero-order valence-corrected chi connectivity index (χ0v) is 10.9. The molecule has 18 heavy (non-hydrogen) atoms. The van der Waals surface area contributed by atoms with E-state index in [1.165, 1.54) is 0 Å². The topological polar surface area (TPSA) is 45.8 Å². The van der Waals surface area contributed by atoms with E-state index in [0.29, 0.717) is 11.1 Å². The molecular formula is C14H9BrN2O. The average molecular weight is 301 g/mol. The molecule has 3 nitrogen and oxygen atoms in total. The van der Waals surface area contributed by atoms with Crippen molar-refractivity contribution < 1.29 is 4.79 Å². The van der Waals surface area contributed by atoms with Gasteiger partial charge in [-0.1, -0.05) is 18.2 Å². The first-order chi connectivity index (χ1) is 8.75. The van der Waals surface area contributed by atoms with Crippen LogP contribution in [0.15, 0.2) is 53.4 Å². The molecule has 0 atom stereocenters. The number of aromatic amines is 1. The van der Waals surface area contributed by atoms with E-state index in [2.05, 4.69) is 25.9 Å². The number of hydrogen-bond donors (Lipinski definition) is 1. The lowest BCUT2D eigenvalue weighted by molar-refractivity contribution is 0.104. The monoisotopic (exact) mass is 300 g/mol. The summed E-state index contributed by atoms with van der Waals surface area (Å²) in [6.45, 7) is 0. The quantitative estimate of drug-likeness (QED) is 0.581. The normalized spacial score (nSPS) is 10.7. The highest BCUT2D eigenvalue weighted by Gasteiger charge is 2.13. The van der Waals surface area contributed by atoms with Gasteiger partial charge in [-0.2, -0.15) is 0 Å². The van der Waals surface area contributed by atoms with Crippen LogP contribution in [0.1, 0.15) is 15.9 Å². The Labute approximate surface area is 112 Å². The van der Waals surface area contributed by atoms with E-state index >= 15 is 0 Å². The molecule has 0 spiro atoms. The maximum atomic E-state index is 12.4. The van der Waals surface area contributed by atoms with Gasteiger partial charge in [0, 0.05) is 34.4 Å². The predicted octanol–water partition coefficient (Wildman–Crippen LogP) is 3.56. The van der Waals surface area contributed by atoms with Crippen LogP contribution in [-0.4, -0.2) is 15.8 Å². The molecule has 0 bridgehead atoms. The van der Waals surface area contributed by atoms with Gasteiger partial charge < -0.3 is 4.98 Å². The molecule has 0 aliphatic rings. The summed E-state index contributed by atoms with van der Waals surface area (Å²) in [5, 5.41) is 0.936. The van der Waals surface area contributed by atoms with Crippen LogP contribution >= 0.6 is 15.9 Å². The van der Waals surface area contributed by atoms with E-state index in [1.807, 2.05) is 24.3 Å². The van der Waals surface area contributed by atoms with Crippen molar-refractivity contribution in [3.63, 3.8) is 0 Å². The number of carbonyl (C=O) groups is 1. The first-order valence-electron chi connectivity index (χ1n) is 5.48. The van der Waals surface area contributed by atoms with Crippen molar-refractivity contribution in [2.24, 2.45) is 0 Å². The summed E-state index contributed by atoms with van der Waals surface area (Å²) in [5.74, 6) is -0.0209. The fraction of sp³-hybridized carbons (Fsp3) is 0. The van der Waals surface area contributed by atoms with Gasteiger partial charge in [0.15, 0.2) is 5.78 Å². The third-order valence-electron chi connectivity index (χ3n) is 2.82. The highest BCUT2D eigenvalue weighted by molar-refractivity contribution is 9.10. The van der Waals surface area contributed by atoms with Crippen molar-refractivity contribution in [2.45, 2.75) is 0 Å². The Kier molecular flexibility index (Phi) is 2.72. The van der Waals surface area contributed by atoms with Crippen LogP contribution in [0.4, 0.5) is 0 Å². The Morgan fingerprint density at radius 3 is 2.78 bits per heavy atom. The zero-order valence-electron chi connectivity index (χ0n) is 9.35. The molecule has 4 heteroatoms. The molecular weight excluding hydrogens is 292 g/mol. The number of hydrogen-bond acceptors (Lipinski definition) is 2. The summed E-state index contributed by atoms with van der Waals surface area (Å²) < 4.78 is 0.720. The van der Waals surface area contributed by atoms with Gasteiger partial charge in [-0.05, 0) is 34.1 Å². The Morgan fingerprint density at radius 2 is 2.00 bits per heavy atom. The van der Waals surface area contributed by atoms with Crippen molar-refractivity contribution in [3.05, 3.63) is 64.5 Å². The van der Waals surface area contributed by atoms with Crippen LogP contribution in [0.3, 0.4) is 0 Å². The largest absolute Gasteiger partial charge is 0.360 e. The standard InChI is InChI=1S/C14H9BrN2O/c15-13-6-5-9(7-17-13)14(18)11-8-16-12-4-2-1-3-10(11)12/h1-8,16H. The van der Waals surface area contributed by atoms with E-state index in [0.717, 1.165) is 15.5 Å². The molecule has 0 amide bonds. The number of nitrogens with one attached hydrogen (secondary N) is 1. The van der Waals surface area contributed by atoms with Crippen molar-refractivity contribution >= 4 is 32.6 Å². The Morgan fingerprint density at radius 1 is 1.17 bits per heavy atom. The van der Waals surface area contributed by atoms with Gasteiger partial charge in [0.25, 0.3) is 0 Å². The minimum atomic E-state index is -0.0209. The highest BCUT2D eigenvalue weighted by Crippen LogP contribution is 2.21. The van der Waals surface area contributed by atoms with Gasteiger partial charge in [0.1, 0.15) is 4.60 Å². The minimum absolute atomic E-state index is 0.0209. The van der Waals surface area contributed by atoms with Crippen LogP contribution in [0.5, 0.6) is 0 Å². The number of para-hydroxylation sites is 1. The lowest BCUT2D eigenvalue weighted by Gasteiger charge is -1.99. The Bertz CT molecular complexity index is 716. The molecule has 2 aromatic heterocycles. The molecule has 88 valence electrons. The second-order valence-corrected chi connectivity index (χ2v) is 4.76. The predicted molar refractivity (Wildman–Crippen MR) is 73.7 cm³/mol. The first-order valence-corrected chi connectivity index (χ1v) is 6.27. The van der Waals surface area contributed by atoms with E-state index in [-0.39, 0.29) is 5.78 Å². The number of H-pyrrole nitrogens is 1. The summed E-state index contributed by atoms with van der Waals surface area (Å²) in [7, 11) is 0. The fourth-order valence-corrected chi connectivity index (χ4v) is 2.16. The SMILES string of the molecule is O=C(c1ccc(Br)nc1)c1c[nH]c2ccccc12. The zero-order chi connectivity index (χ0) is 12.5. The molecule has 0 radical (unpaired) electrons. The van der Waals surface area contributed by atoms with Gasteiger partial charge in [-0.15, -0.1) is 0 Å². The molecule has 0 saturated carbocycles. The molecule has 1 aromatic carbocycles. The van der Waals surface area contributed by atoms with Gasteiger partial charge >= 0.3 is 0 Å². The maximum Gasteiger partial charge on any atom is 0.196 e. The summed E-state index contributed by atoms with van der Waals surface area (Å²) >= 11 is 3.25. The van der Waals surface area contributed by atoms with Crippen molar-refractivity contribution in [3.8, 4) is 0 Å². The number of aromatic nitrogens is 2. The molecule has 0 fully saturated rings. The van der Waals surface area contributed by atoms with Gasteiger partial charge in [-0.25, -0.2) is 4.98 Å². The Hall–Kier alpha value is -1.94. The molecule has 3 rings (SSSR count). The number of ketones is 1. The smallest absolute Gasteiger partial charge is 0.196 e. The second kappa shape index (κ2) is 4.38. The molecule has 0 unspecified atom stereocenters. The summed E-state index contributed by atoms with van der Waals surface area (Å²) in [6.07, 6.45) is 3.32. The second-order valence-electron chi connectivity index (χ2n) is 3.95. The number of halogens is 1. The third-order valence-corrected chi connectivity index (χ3v) is 3.29. The van der Waals surface area contributed by atoms with Crippen LogP contribution in [0, 0.1) is 0 Å². The average Bonchev–Trinajstić information content (AvgIpc) is 2.82. The summed E-state index contributed by atoms with van der Waals surface area (Å²) in [5.41, 5.74) is 2.23. The van der Waals surface area contributed by atoms with Crippen LogP contribution < -0.4 is 0 Å². The van der Waals surface area contributed by atoms with Crippen molar-refractivity contribution in [2.75, 3.05) is 0 Å². The summed E-state index contributed by atoms with van der Waals surface area (Å²) in [4.78, 5) is 19.5. The molecule has 0 aliphatic heterocycles. The summed E-state index contributed by atoms with van der Waals surface area (Å²) in [6, 6.07) is 11.3. The lowest BCUT2D eigenvalue weighted by atomic mass is 10.0. The molecule has 0 saturated heterocycles. The Balaban J connectivity index is 2.09. The van der Waals surface area contributed by atoms with Crippen molar-refractivity contribution in [1.82, 2.24) is 9.97 Å². The van der Waals surface area contributed by atoms with Gasteiger partial charge in [-0.3, -0.25) is 4.79 Å². The van der Waals surface area contributed by atoms with Crippen LogP contribution in [0.2, 0.25) is 0 Å². The maximum absolute atomic E-state index is 12.4. The van der Waals surface area contributed by atoms with Crippen LogP contribution in [-0.2, 0) is 0 Å². The van der Waals surface area contributed by atoms with E-state index < -0.39 is 0 Å². The minimum Gasteiger partial charge on any atom is -0.360 e. The molecule has 1 N–H and O–H groups in total.